The SMILES string of the molecule is O=C(C1CCC1)N1CCC(NCCCOC2CCCC2)CC1. The molecule has 22 heavy (non-hydrogen) atoms. The number of piperidine rings is 1. The minimum atomic E-state index is 0.359. The van der Waals surface area contributed by atoms with Gasteiger partial charge in [0.1, 0.15) is 0 Å². The summed E-state index contributed by atoms with van der Waals surface area (Å²) in [5.41, 5.74) is 0. The Labute approximate surface area is 135 Å². The summed E-state index contributed by atoms with van der Waals surface area (Å²) in [7, 11) is 0. The molecule has 3 fully saturated rings. The summed E-state index contributed by atoms with van der Waals surface area (Å²) in [5.74, 6) is 0.784. The first-order chi connectivity index (χ1) is 10.8. The van der Waals surface area contributed by atoms with Gasteiger partial charge in [-0.1, -0.05) is 19.3 Å². The maximum absolute atomic E-state index is 12.2. The third-order valence-electron chi connectivity index (χ3n) is 5.67. The van der Waals surface area contributed by atoms with E-state index in [2.05, 4.69) is 10.2 Å². The lowest BCUT2D eigenvalue weighted by atomic mass is 9.84. The van der Waals surface area contributed by atoms with Crippen molar-refractivity contribution in [1.29, 1.82) is 0 Å². The molecule has 0 aromatic heterocycles. The van der Waals surface area contributed by atoms with Crippen LogP contribution in [0.15, 0.2) is 0 Å². The van der Waals surface area contributed by atoms with E-state index in [0.717, 1.165) is 58.3 Å². The summed E-state index contributed by atoms with van der Waals surface area (Å²) >= 11 is 0. The van der Waals surface area contributed by atoms with Gasteiger partial charge in [0.25, 0.3) is 0 Å². The highest BCUT2D eigenvalue weighted by Crippen LogP contribution is 2.29. The molecular formula is C18H32N2O2. The number of ether oxygens (including phenoxy) is 1. The van der Waals surface area contributed by atoms with Crippen LogP contribution in [-0.2, 0) is 9.53 Å². The molecule has 3 aliphatic rings. The summed E-state index contributed by atoms with van der Waals surface area (Å²) in [6.07, 6.45) is 12.6. The van der Waals surface area contributed by atoms with Crippen molar-refractivity contribution in [2.45, 2.75) is 76.4 Å². The molecule has 2 aliphatic carbocycles. The molecule has 126 valence electrons. The van der Waals surface area contributed by atoms with Crippen LogP contribution in [-0.4, -0.2) is 49.2 Å². The van der Waals surface area contributed by atoms with Crippen molar-refractivity contribution < 1.29 is 9.53 Å². The van der Waals surface area contributed by atoms with Gasteiger partial charge in [-0.3, -0.25) is 4.79 Å². The normalized spacial score (nSPS) is 24.6. The van der Waals surface area contributed by atoms with Crippen LogP contribution in [0.2, 0.25) is 0 Å². The highest BCUT2D eigenvalue weighted by Gasteiger charge is 2.31. The fourth-order valence-electron chi connectivity index (χ4n) is 3.90. The summed E-state index contributed by atoms with van der Waals surface area (Å²) in [4.78, 5) is 14.3. The zero-order chi connectivity index (χ0) is 15.2. The van der Waals surface area contributed by atoms with Crippen LogP contribution in [0.3, 0.4) is 0 Å². The third-order valence-corrected chi connectivity index (χ3v) is 5.67. The third kappa shape index (κ3) is 4.45. The molecule has 1 N–H and O–H groups in total. The summed E-state index contributed by atoms with van der Waals surface area (Å²) in [5, 5.41) is 3.65. The molecule has 1 heterocycles. The molecule has 0 unspecified atom stereocenters. The second-order valence-electron chi connectivity index (χ2n) is 7.31. The fraction of sp³-hybridized carbons (Fsp3) is 0.944. The van der Waals surface area contributed by atoms with Crippen LogP contribution in [0.5, 0.6) is 0 Å². The zero-order valence-electron chi connectivity index (χ0n) is 13.9. The average molecular weight is 308 g/mol. The lowest BCUT2D eigenvalue weighted by Gasteiger charge is -2.36. The topological polar surface area (TPSA) is 41.6 Å². The second-order valence-corrected chi connectivity index (χ2v) is 7.31. The molecule has 0 radical (unpaired) electrons. The molecule has 2 saturated carbocycles. The maximum atomic E-state index is 12.2. The number of hydrogen-bond donors (Lipinski definition) is 1. The zero-order valence-corrected chi connectivity index (χ0v) is 13.9. The van der Waals surface area contributed by atoms with E-state index in [1.807, 2.05) is 0 Å². The lowest BCUT2D eigenvalue weighted by Crippen LogP contribution is -2.47. The molecule has 1 saturated heterocycles. The summed E-state index contributed by atoms with van der Waals surface area (Å²) in [6.45, 7) is 3.85. The van der Waals surface area contributed by atoms with Gasteiger partial charge in [0.2, 0.25) is 5.91 Å². The quantitative estimate of drug-likeness (QED) is 0.735. The maximum Gasteiger partial charge on any atom is 0.225 e. The largest absolute Gasteiger partial charge is 0.378 e. The Balaban J connectivity index is 1.22. The van der Waals surface area contributed by atoms with Gasteiger partial charge < -0.3 is 15.0 Å². The van der Waals surface area contributed by atoms with Crippen LogP contribution in [0.1, 0.15) is 64.2 Å². The minimum Gasteiger partial charge on any atom is -0.378 e. The van der Waals surface area contributed by atoms with Gasteiger partial charge in [-0.25, -0.2) is 0 Å². The molecule has 3 rings (SSSR count). The van der Waals surface area contributed by atoms with E-state index in [-0.39, 0.29) is 0 Å². The Morgan fingerprint density at radius 1 is 1.00 bits per heavy atom. The minimum absolute atomic E-state index is 0.359. The van der Waals surface area contributed by atoms with Gasteiger partial charge in [-0.15, -0.1) is 0 Å². The number of carbonyl (C=O) groups excluding carboxylic acids is 1. The number of nitrogens with one attached hydrogen (secondary N) is 1. The predicted octanol–water partition coefficient (Wildman–Crippen LogP) is 2.72. The van der Waals surface area contributed by atoms with Crippen LogP contribution < -0.4 is 5.32 Å². The molecule has 4 heteroatoms. The van der Waals surface area contributed by atoms with Crippen LogP contribution >= 0.6 is 0 Å². The molecule has 0 aromatic rings. The van der Waals surface area contributed by atoms with Gasteiger partial charge in [0, 0.05) is 31.7 Å². The predicted molar refractivity (Wildman–Crippen MR) is 87.8 cm³/mol. The monoisotopic (exact) mass is 308 g/mol. The van der Waals surface area contributed by atoms with E-state index in [1.165, 1.54) is 32.1 Å². The van der Waals surface area contributed by atoms with E-state index in [9.17, 15) is 4.79 Å². The van der Waals surface area contributed by atoms with Crippen LogP contribution in [0, 0.1) is 5.92 Å². The smallest absolute Gasteiger partial charge is 0.225 e. The molecule has 0 bridgehead atoms. The average Bonchev–Trinajstić information content (AvgIpc) is 2.99. The number of carbonyl (C=O) groups is 1. The number of likely N-dealkylation sites (tertiary alicyclic amines) is 1. The van der Waals surface area contributed by atoms with Gasteiger partial charge >= 0.3 is 0 Å². The summed E-state index contributed by atoms with van der Waals surface area (Å²) < 4.78 is 5.89. The van der Waals surface area contributed by atoms with Gasteiger partial charge in [0.05, 0.1) is 6.10 Å². The van der Waals surface area contributed by atoms with Crippen molar-refractivity contribution in [2.75, 3.05) is 26.2 Å². The number of amides is 1. The first kappa shape index (κ1) is 16.3. The Morgan fingerprint density at radius 3 is 2.36 bits per heavy atom. The van der Waals surface area contributed by atoms with Crippen molar-refractivity contribution in [3.63, 3.8) is 0 Å². The van der Waals surface area contributed by atoms with Crippen LogP contribution in [0.4, 0.5) is 0 Å². The van der Waals surface area contributed by atoms with Crippen LogP contribution in [0.25, 0.3) is 0 Å². The van der Waals surface area contributed by atoms with Crippen molar-refractivity contribution in [1.82, 2.24) is 10.2 Å². The lowest BCUT2D eigenvalue weighted by molar-refractivity contribution is -0.139. The number of nitrogens with zero attached hydrogens (tertiary/aromatic N) is 1. The van der Waals surface area contributed by atoms with Crippen molar-refractivity contribution in [3.8, 4) is 0 Å². The van der Waals surface area contributed by atoms with Gasteiger partial charge in [0.15, 0.2) is 0 Å². The molecule has 4 nitrogen and oxygen atoms in total. The standard InChI is InChI=1S/C18H32N2O2/c21-18(15-5-3-6-15)20-12-9-16(10-13-20)19-11-4-14-22-17-7-1-2-8-17/h15-17,19H,1-14H2. The van der Waals surface area contributed by atoms with E-state index in [4.69, 9.17) is 4.74 Å². The van der Waals surface area contributed by atoms with Gasteiger partial charge in [-0.05, 0) is 51.5 Å². The molecule has 0 aromatic carbocycles. The van der Waals surface area contributed by atoms with E-state index >= 15 is 0 Å². The molecule has 0 atom stereocenters. The molecule has 1 aliphatic heterocycles. The first-order valence-corrected chi connectivity index (χ1v) is 9.46. The molecule has 0 spiro atoms. The number of hydrogen-bond acceptors (Lipinski definition) is 3. The Kier molecular flexibility index (Phi) is 6.13. The van der Waals surface area contributed by atoms with E-state index in [1.54, 1.807) is 0 Å². The molecular weight excluding hydrogens is 276 g/mol. The highest BCUT2D eigenvalue weighted by atomic mass is 16.5. The Morgan fingerprint density at radius 2 is 1.73 bits per heavy atom. The van der Waals surface area contributed by atoms with Gasteiger partial charge in [-0.2, -0.15) is 0 Å². The second kappa shape index (κ2) is 8.30. The highest BCUT2D eigenvalue weighted by molar-refractivity contribution is 5.79. The first-order valence-electron chi connectivity index (χ1n) is 9.46. The van der Waals surface area contributed by atoms with E-state index in [0.29, 0.717) is 24.0 Å². The Bertz CT molecular complexity index is 343. The Hall–Kier alpha value is -0.610. The van der Waals surface area contributed by atoms with E-state index < -0.39 is 0 Å². The van der Waals surface area contributed by atoms with Crippen molar-refractivity contribution in [2.24, 2.45) is 5.92 Å². The van der Waals surface area contributed by atoms with Crippen molar-refractivity contribution >= 4 is 5.91 Å². The number of rotatable bonds is 7. The fourth-order valence-corrected chi connectivity index (χ4v) is 3.90. The van der Waals surface area contributed by atoms with Crippen molar-refractivity contribution in [3.05, 3.63) is 0 Å². The molecule has 1 amide bonds. The summed E-state index contributed by atoms with van der Waals surface area (Å²) in [6, 6.07) is 0.594.